The lowest BCUT2D eigenvalue weighted by atomic mass is 10.1. The maximum absolute atomic E-state index is 11.9. The largest absolute Gasteiger partial charge is 0.366 e. The lowest BCUT2D eigenvalue weighted by molar-refractivity contribution is -0.120. The maximum Gasteiger partial charge on any atom is 0.328 e. The molecular weight excluding hydrogens is 280 g/mol. The predicted molar refractivity (Wildman–Crippen MR) is 86.2 cm³/mol. The fraction of sp³-hybridized carbons (Fsp3) is 0.500. The molecule has 6 nitrogen and oxygen atoms in total. The normalized spacial score (nSPS) is 26.1. The first-order valence-electron chi connectivity index (χ1n) is 7.76. The van der Waals surface area contributed by atoms with Gasteiger partial charge in [0, 0.05) is 49.5 Å². The van der Waals surface area contributed by atoms with Crippen LogP contribution in [0.1, 0.15) is 20.3 Å². The van der Waals surface area contributed by atoms with Crippen molar-refractivity contribution in [2.45, 2.75) is 32.4 Å². The second-order valence-electron chi connectivity index (χ2n) is 6.08. The molecular formula is C16H22N4O2. The molecule has 0 saturated carbocycles. The summed E-state index contributed by atoms with van der Waals surface area (Å²) in [6.07, 6.45) is 0.347. The van der Waals surface area contributed by atoms with Crippen molar-refractivity contribution in [3.05, 3.63) is 24.3 Å². The number of anilines is 2. The zero-order valence-corrected chi connectivity index (χ0v) is 13.0. The molecule has 2 heterocycles. The van der Waals surface area contributed by atoms with Crippen molar-refractivity contribution in [2.75, 3.05) is 29.4 Å². The summed E-state index contributed by atoms with van der Waals surface area (Å²) in [6, 6.07) is 8.57. The third-order valence-corrected chi connectivity index (χ3v) is 4.31. The molecule has 1 aromatic carbocycles. The van der Waals surface area contributed by atoms with Gasteiger partial charge in [0.25, 0.3) is 0 Å². The number of nitrogens with zero attached hydrogens (tertiary/aromatic N) is 2. The van der Waals surface area contributed by atoms with Gasteiger partial charge in [0.2, 0.25) is 5.91 Å². The fourth-order valence-electron chi connectivity index (χ4n) is 3.02. The molecule has 0 radical (unpaired) electrons. The van der Waals surface area contributed by atoms with E-state index in [9.17, 15) is 9.59 Å². The third kappa shape index (κ3) is 2.92. The molecule has 2 fully saturated rings. The van der Waals surface area contributed by atoms with Gasteiger partial charge in [-0.3, -0.25) is 15.0 Å². The van der Waals surface area contributed by atoms with Gasteiger partial charge in [-0.1, -0.05) is 0 Å². The van der Waals surface area contributed by atoms with Gasteiger partial charge in [0.05, 0.1) is 0 Å². The van der Waals surface area contributed by atoms with Crippen molar-refractivity contribution in [1.29, 1.82) is 0 Å². The molecule has 3 amide bonds. The summed E-state index contributed by atoms with van der Waals surface area (Å²) < 4.78 is 0. The molecule has 2 aliphatic rings. The molecule has 1 aromatic rings. The zero-order chi connectivity index (χ0) is 15.7. The van der Waals surface area contributed by atoms with Crippen LogP contribution in [0.3, 0.4) is 0 Å². The minimum absolute atomic E-state index is 0.207. The Bertz CT molecular complexity index is 572. The first kappa shape index (κ1) is 14.8. The monoisotopic (exact) mass is 302 g/mol. The van der Waals surface area contributed by atoms with Gasteiger partial charge < -0.3 is 10.2 Å². The number of piperazine rings is 1. The summed E-state index contributed by atoms with van der Waals surface area (Å²) in [5.74, 6) is -0.207. The third-order valence-electron chi connectivity index (χ3n) is 4.31. The summed E-state index contributed by atoms with van der Waals surface area (Å²) >= 11 is 0. The fourth-order valence-corrected chi connectivity index (χ4v) is 3.02. The molecule has 2 N–H and O–H groups in total. The molecule has 0 bridgehead atoms. The summed E-state index contributed by atoms with van der Waals surface area (Å²) in [6.45, 7) is 6.77. The Balaban J connectivity index is 1.75. The van der Waals surface area contributed by atoms with Crippen LogP contribution in [0.2, 0.25) is 0 Å². The molecule has 2 atom stereocenters. The van der Waals surface area contributed by atoms with Crippen molar-refractivity contribution in [1.82, 2.24) is 10.6 Å². The average molecular weight is 302 g/mol. The lowest BCUT2D eigenvalue weighted by Crippen LogP contribution is -2.54. The number of hydrogen-bond donors (Lipinski definition) is 2. The van der Waals surface area contributed by atoms with Crippen molar-refractivity contribution < 1.29 is 9.59 Å². The quantitative estimate of drug-likeness (QED) is 0.865. The number of carbonyl (C=O) groups excluding carboxylic acids is 2. The Morgan fingerprint density at radius 1 is 1.09 bits per heavy atom. The van der Waals surface area contributed by atoms with E-state index >= 15 is 0 Å². The highest BCUT2D eigenvalue weighted by Crippen LogP contribution is 2.24. The molecule has 0 aromatic heterocycles. The van der Waals surface area contributed by atoms with Gasteiger partial charge in [-0.25, -0.2) is 4.79 Å². The summed E-state index contributed by atoms with van der Waals surface area (Å²) in [5.41, 5.74) is 1.99. The molecule has 0 aliphatic carbocycles. The smallest absolute Gasteiger partial charge is 0.328 e. The van der Waals surface area contributed by atoms with Crippen LogP contribution in [0.5, 0.6) is 0 Å². The number of amides is 3. The van der Waals surface area contributed by atoms with Crippen LogP contribution in [0.15, 0.2) is 24.3 Å². The zero-order valence-electron chi connectivity index (χ0n) is 13.0. The van der Waals surface area contributed by atoms with Crippen LogP contribution in [0, 0.1) is 0 Å². The Kier molecular flexibility index (Phi) is 4.02. The van der Waals surface area contributed by atoms with Crippen molar-refractivity contribution in [3.8, 4) is 0 Å². The van der Waals surface area contributed by atoms with Crippen LogP contribution in [0.25, 0.3) is 0 Å². The number of urea groups is 1. The van der Waals surface area contributed by atoms with Crippen LogP contribution >= 0.6 is 0 Å². The molecule has 2 aliphatic heterocycles. The Morgan fingerprint density at radius 2 is 1.77 bits per heavy atom. The standard InChI is InChI=1S/C16H22N4O2/c1-11-10-20(12(2)9-17-11)14-5-3-13(4-6-14)19-8-7-15(21)18-16(19)22/h3-6,11-12,17H,7-10H2,1-2H3,(H,18,21,22)/t11-,12-/m1/s1. The van der Waals surface area contributed by atoms with Gasteiger partial charge >= 0.3 is 6.03 Å². The number of rotatable bonds is 2. The van der Waals surface area contributed by atoms with Gasteiger partial charge in [-0.05, 0) is 38.1 Å². The highest BCUT2D eigenvalue weighted by atomic mass is 16.2. The first-order chi connectivity index (χ1) is 10.5. The maximum atomic E-state index is 11.9. The van der Waals surface area contributed by atoms with Gasteiger partial charge in [0.15, 0.2) is 0 Å². The minimum atomic E-state index is -0.340. The van der Waals surface area contributed by atoms with Crippen LogP contribution < -0.4 is 20.4 Å². The van der Waals surface area contributed by atoms with E-state index in [0.717, 1.165) is 24.5 Å². The number of hydrogen-bond acceptors (Lipinski definition) is 4. The van der Waals surface area contributed by atoms with Gasteiger partial charge in [-0.15, -0.1) is 0 Å². The van der Waals surface area contributed by atoms with Crippen LogP contribution in [-0.4, -0.2) is 43.7 Å². The second-order valence-corrected chi connectivity index (χ2v) is 6.08. The van der Waals surface area contributed by atoms with Crippen LogP contribution in [0.4, 0.5) is 16.2 Å². The van der Waals surface area contributed by atoms with E-state index in [-0.39, 0.29) is 11.9 Å². The van der Waals surface area contributed by atoms with Gasteiger partial charge in [0.1, 0.15) is 0 Å². The van der Waals surface area contributed by atoms with Crippen molar-refractivity contribution in [3.63, 3.8) is 0 Å². The highest BCUT2D eigenvalue weighted by molar-refractivity contribution is 6.05. The highest BCUT2D eigenvalue weighted by Gasteiger charge is 2.25. The van der Waals surface area contributed by atoms with E-state index in [4.69, 9.17) is 0 Å². The Morgan fingerprint density at radius 3 is 2.45 bits per heavy atom. The topological polar surface area (TPSA) is 64.7 Å². The molecule has 22 heavy (non-hydrogen) atoms. The molecule has 2 saturated heterocycles. The van der Waals surface area contributed by atoms with E-state index in [1.807, 2.05) is 24.3 Å². The van der Waals surface area contributed by atoms with E-state index < -0.39 is 0 Å². The average Bonchev–Trinajstić information content (AvgIpc) is 2.50. The number of nitrogens with one attached hydrogen (secondary N) is 2. The van der Waals surface area contributed by atoms with E-state index in [2.05, 4.69) is 29.4 Å². The molecule has 6 heteroatoms. The van der Waals surface area contributed by atoms with Crippen LogP contribution in [-0.2, 0) is 4.79 Å². The summed E-state index contributed by atoms with van der Waals surface area (Å²) in [4.78, 5) is 27.1. The Labute approximate surface area is 130 Å². The lowest BCUT2D eigenvalue weighted by Gasteiger charge is -2.39. The minimum Gasteiger partial charge on any atom is -0.366 e. The SMILES string of the molecule is C[C@@H]1CN(c2ccc(N3CCC(=O)NC3=O)cc2)[C@H](C)CN1. The molecule has 0 unspecified atom stereocenters. The Hall–Kier alpha value is -2.08. The summed E-state index contributed by atoms with van der Waals surface area (Å²) in [5, 5.41) is 5.82. The second kappa shape index (κ2) is 5.96. The number of carbonyl (C=O) groups is 2. The van der Waals surface area contributed by atoms with Crippen molar-refractivity contribution >= 4 is 23.3 Å². The summed E-state index contributed by atoms with van der Waals surface area (Å²) in [7, 11) is 0. The molecule has 118 valence electrons. The first-order valence-corrected chi connectivity index (χ1v) is 7.76. The number of imide groups is 1. The molecule has 0 spiro atoms. The van der Waals surface area contributed by atoms with Gasteiger partial charge in [-0.2, -0.15) is 0 Å². The van der Waals surface area contributed by atoms with E-state index in [0.29, 0.717) is 25.0 Å². The van der Waals surface area contributed by atoms with E-state index in [1.165, 1.54) is 0 Å². The molecule has 3 rings (SSSR count). The van der Waals surface area contributed by atoms with Crippen molar-refractivity contribution in [2.24, 2.45) is 0 Å². The van der Waals surface area contributed by atoms with E-state index in [1.54, 1.807) is 4.90 Å². The number of benzene rings is 1. The predicted octanol–water partition coefficient (Wildman–Crippen LogP) is 1.32.